The maximum absolute atomic E-state index is 12.3. The van der Waals surface area contributed by atoms with Gasteiger partial charge < -0.3 is 10.6 Å². The minimum absolute atomic E-state index is 0.0374. The second kappa shape index (κ2) is 9.39. The van der Waals surface area contributed by atoms with E-state index in [2.05, 4.69) is 10.6 Å². The number of amides is 4. The first-order valence-corrected chi connectivity index (χ1v) is 10.9. The Kier molecular flexibility index (Phi) is 6.93. The lowest BCUT2D eigenvalue weighted by molar-refractivity contribution is -0.138. The Morgan fingerprint density at radius 3 is 2.07 bits per heavy atom. The van der Waals surface area contributed by atoms with Gasteiger partial charge in [-0.3, -0.25) is 24.1 Å². The first kappa shape index (κ1) is 19.9. The van der Waals surface area contributed by atoms with Gasteiger partial charge in [0.2, 0.25) is 11.8 Å². The molecule has 148 valence electrons. The average molecular weight is 394 g/mol. The van der Waals surface area contributed by atoms with Crippen LogP contribution in [0.3, 0.4) is 0 Å². The topological polar surface area (TPSA) is 95.6 Å². The summed E-state index contributed by atoms with van der Waals surface area (Å²) in [4.78, 5) is 49.4. The smallest absolute Gasteiger partial charge is 0.257 e. The van der Waals surface area contributed by atoms with Crippen LogP contribution in [0.1, 0.15) is 44.9 Å². The van der Waals surface area contributed by atoms with Crippen molar-refractivity contribution in [2.24, 2.45) is 5.92 Å². The zero-order valence-electron chi connectivity index (χ0n) is 15.6. The zero-order chi connectivity index (χ0) is 19.2. The Morgan fingerprint density at radius 1 is 0.926 bits per heavy atom. The molecule has 0 radical (unpaired) electrons. The van der Waals surface area contributed by atoms with E-state index in [9.17, 15) is 19.2 Å². The molecule has 3 rings (SSSR count). The first-order chi connectivity index (χ1) is 13.1. The molecule has 0 atom stereocenters. The van der Waals surface area contributed by atoms with Gasteiger partial charge in [0, 0.05) is 30.8 Å². The predicted octanol–water partition coefficient (Wildman–Crippen LogP) is 0.991. The number of thioether (sulfide) groups is 1. The minimum Gasteiger partial charge on any atom is -0.355 e. The fraction of sp³-hybridized carbons (Fsp3) is 0.684. The fourth-order valence-electron chi connectivity index (χ4n) is 3.60. The van der Waals surface area contributed by atoms with Crippen molar-refractivity contribution in [1.82, 2.24) is 15.5 Å². The van der Waals surface area contributed by atoms with Crippen molar-refractivity contribution >= 4 is 35.4 Å². The molecule has 0 unspecified atom stereocenters. The van der Waals surface area contributed by atoms with Crippen LogP contribution in [0.5, 0.6) is 0 Å². The molecule has 1 aliphatic heterocycles. The Morgan fingerprint density at radius 2 is 1.52 bits per heavy atom. The largest absolute Gasteiger partial charge is 0.355 e. The lowest BCUT2D eigenvalue weighted by Crippen LogP contribution is -2.39. The zero-order valence-corrected chi connectivity index (χ0v) is 16.4. The van der Waals surface area contributed by atoms with E-state index in [0.29, 0.717) is 29.9 Å². The van der Waals surface area contributed by atoms with E-state index in [4.69, 9.17) is 0 Å². The van der Waals surface area contributed by atoms with Gasteiger partial charge >= 0.3 is 0 Å². The van der Waals surface area contributed by atoms with Crippen LogP contribution < -0.4 is 10.6 Å². The number of carbonyl (C=O) groups is 4. The summed E-state index contributed by atoms with van der Waals surface area (Å²) in [6, 6.07) is 0. The third-order valence-electron chi connectivity index (χ3n) is 5.41. The SMILES string of the molecule is O=C(CSCC(=O)NCC1CCC1)NCCN1C(=O)C2=C(CCCC2)C1=O. The standard InChI is InChI=1S/C19H27N3O4S/c23-16(11-27-12-17(24)21-10-13-4-3-5-13)20-8-9-22-18(25)14-6-1-2-7-15(14)19(22)26/h13H,1-12H2,(H,20,23)(H,21,24). The molecule has 0 saturated heterocycles. The van der Waals surface area contributed by atoms with Gasteiger partial charge in [-0.1, -0.05) is 6.42 Å². The Balaban J connectivity index is 1.28. The molecule has 27 heavy (non-hydrogen) atoms. The third kappa shape index (κ3) is 5.12. The molecule has 1 heterocycles. The van der Waals surface area contributed by atoms with Crippen LogP contribution in [-0.2, 0) is 19.2 Å². The highest BCUT2D eigenvalue weighted by molar-refractivity contribution is 8.00. The predicted molar refractivity (Wildman–Crippen MR) is 103 cm³/mol. The van der Waals surface area contributed by atoms with Gasteiger partial charge in [0.05, 0.1) is 11.5 Å². The molecule has 8 heteroatoms. The number of nitrogens with zero attached hydrogens (tertiary/aromatic N) is 1. The van der Waals surface area contributed by atoms with Crippen molar-refractivity contribution in [3.05, 3.63) is 11.1 Å². The van der Waals surface area contributed by atoms with E-state index in [1.165, 1.54) is 35.9 Å². The van der Waals surface area contributed by atoms with Crippen molar-refractivity contribution in [1.29, 1.82) is 0 Å². The maximum Gasteiger partial charge on any atom is 0.257 e. The molecule has 2 N–H and O–H groups in total. The molecule has 0 aromatic heterocycles. The van der Waals surface area contributed by atoms with Crippen LogP contribution in [0.25, 0.3) is 0 Å². The van der Waals surface area contributed by atoms with Crippen LogP contribution >= 0.6 is 11.8 Å². The molecule has 0 aromatic rings. The monoisotopic (exact) mass is 393 g/mol. The van der Waals surface area contributed by atoms with Crippen molar-refractivity contribution < 1.29 is 19.2 Å². The molecule has 0 bridgehead atoms. The molecule has 3 aliphatic rings. The number of hydrogen-bond donors (Lipinski definition) is 2. The first-order valence-electron chi connectivity index (χ1n) is 9.75. The molecule has 0 spiro atoms. The number of imide groups is 1. The quantitative estimate of drug-likeness (QED) is 0.570. The number of hydrogen-bond acceptors (Lipinski definition) is 5. The van der Waals surface area contributed by atoms with Gasteiger partial charge in [-0.2, -0.15) is 0 Å². The minimum atomic E-state index is -0.193. The molecular weight excluding hydrogens is 366 g/mol. The van der Waals surface area contributed by atoms with Gasteiger partial charge in [-0.25, -0.2) is 0 Å². The number of nitrogens with one attached hydrogen (secondary N) is 2. The van der Waals surface area contributed by atoms with E-state index < -0.39 is 0 Å². The van der Waals surface area contributed by atoms with E-state index in [1.54, 1.807) is 0 Å². The van der Waals surface area contributed by atoms with Gasteiger partial charge in [0.15, 0.2) is 0 Å². The van der Waals surface area contributed by atoms with E-state index >= 15 is 0 Å². The fourth-order valence-corrected chi connectivity index (χ4v) is 4.28. The molecule has 4 amide bonds. The summed E-state index contributed by atoms with van der Waals surface area (Å²) in [6.45, 7) is 1.18. The summed E-state index contributed by atoms with van der Waals surface area (Å²) in [5, 5.41) is 5.61. The molecule has 2 aliphatic carbocycles. The molecule has 1 saturated carbocycles. The van der Waals surface area contributed by atoms with Crippen LogP contribution in [0, 0.1) is 5.92 Å². The summed E-state index contributed by atoms with van der Waals surface area (Å²) >= 11 is 1.27. The van der Waals surface area contributed by atoms with Crippen molar-refractivity contribution in [2.75, 3.05) is 31.1 Å². The number of carbonyl (C=O) groups excluding carboxylic acids is 4. The summed E-state index contributed by atoms with van der Waals surface area (Å²) in [5.41, 5.74) is 1.34. The van der Waals surface area contributed by atoms with Crippen molar-refractivity contribution in [3.63, 3.8) is 0 Å². The Labute approximate surface area is 163 Å². The van der Waals surface area contributed by atoms with Crippen LogP contribution in [0.15, 0.2) is 11.1 Å². The van der Waals surface area contributed by atoms with E-state index in [0.717, 1.165) is 19.4 Å². The summed E-state index contributed by atoms with van der Waals surface area (Å²) in [5.74, 6) is 0.461. The lowest BCUT2D eigenvalue weighted by Gasteiger charge is -2.25. The Bertz CT molecular complexity index is 629. The highest BCUT2D eigenvalue weighted by Crippen LogP contribution is 2.32. The van der Waals surface area contributed by atoms with Gasteiger partial charge in [0.25, 0.3) is 11.8 Å². The molecule has 1 fully saturated rings. The van der Waals surface area contributed by atoms with E-state index in [1.807, 2.05) is 0 Å². The molecule has 0 aromatic carbocycles. The third-order valence-corrected chi connectivity index (χ3v) is 6.34. The van der Waals surface area contributed by atoms with E-state index in [-0.39, 0.29) is 48.2 Å². The summed E-state index contributed by atoms with van der Waals surface area (Å²) in [7, 11) is 0. The second-order valence-corrected chi connectivity index (χ2v) is 8.36. The van der Waals surface area contributed by atoms with Gasteiger partial charge in [-0.05, 0) is 44.4 Å². The van der Waals surface area contributed by atoms with Crippen LogP contribution in [0.4, 0.5) is 0 Å². The lowest BCUT2D eigenvalue weighted by atomic mass is 9.85. The van der Waals surface area contributed by atoms with Gasteiger partial charge in [0.1, 0.15) is 0 Å². The normalized spacial score (nSPS) is 19.8. The average Bonchev–Trinajstić information content (AvgIpc) is 2.86. The number of rotatable bonds is 9. The molecule has 7 nitrogen and oxygen atoms in total. The second-order valence-electron chi connectivity index (χ2n) is 7.37. The van der Waals surface area contributed by atoms with Crippen molar-refractivity contribution in [3.8, 4) is 0 Å². The van der Waals surface area contributed by atoms with Crippen LogP contribution in [0.2, 0.25) is 0 Å². The van der Waals surface area contributed by atoms with Crippen molar-refractivity contribution in [2.45, 2.75) is 44.9 Å². The Hall–Kier alpha value is -1.83. The maximum atomic E-state index is 12.3. The highest BCUT2D eigenvalue weighted by atomic mass is 32.2. The van der Waals surface area contributed by atoms with Gasteiger partial charge in [-0.15, -0.1) is 11.8 Å². The van der Waals surface area contributed by atoms with Crippen LogP contribution in [-0.4, -0.2) is 59.7 Å². The summed E-state index contributed by atoms with van der Waals surface area (Å²) in [6.07, 6.45) is 6.90. The highest BCUT2D eigenvalue weighted by Gasteiger charge is 2.38. The molecular formula is C19H27N3O4S. The summed E-state index contributed by atoms with van der Waals surface area (Å²) < 4.78 is 0.